The summed E-state index contributed by atoms with van der Waals surface area (Å²) in [5.41, 5.74) is 0.816. The largest absolute Gasteiger partial charge is 0.363 e. The Morgan fingerprint density at radius 2 is 2.14 bits per heavy atom. The Bertz CT molecular complexity index is 520. The number of nitrogens with zero attached hydrogens (tertiary/aromatic N) is 4. The Hall–Kier alpha value is -1.63. The maximum absolute atomic E-state index is 11.4. The molecule has 0 aromatic carbocycles. The van der Waals surface area contributed by atoms with Gasteiger partial charge in [0.15, 0.2) is 0 Å². The molecule has 0 atom stereocenters. The molecule has 1 aromatic heterocycles. The van der Waals surface area contributed by atoms with Crippen molar-refractivity contribution in [3.8, 4) is 0 Å². The second-order valence-electron chi connectivity index (χ2n) is 6.10. The van der Waals surface area contributed by atoms with Crippen LogP contribution in [0.4, 0.5) is 11.5 Å². The lowest BCUT2D eigenvalue weighted by Crippen LogP contribution is -2.54. The molecule has 0 radical (unpaired) electrons. The van der Waals surface area contributed by atoms with Crippen molar-refractivity contribution < 1.29 is 4.92 Å². The van der Waals surface area contributed by atoms with Gasteiger partial charge in [0.2, 0.25) is 5.82 Å². The minimum absolute atomic E-state index is 0.114. The molecule has 0 amide bonds. The lowest BCUT2D eigenvalue weighted by Gasteiger charge is -2.47. The number of hydrogen-bond donors (Lipinski definition) is 1. The van der Waals surface area contributed by atoms with E-state index in [1.165, 1.54) is 6.42 Å². The summed E-state index contributed by atoms with van der Waals surface area (Å²) in [5, 5.41) is 19.0. The zero-order valence-corrected chi connectivity index (χ0v) is 13.3. The van der Waals surface area contributed by atoms with Crippen molar-refractivity contribution in [2.45, 2.75) is 44.6 Å². The molecule has 7 nitrogen and oxygen atoms in total. The first-order valence-corrected chi connectivity index (χ1v) is 7.53. The van der Waals surface area contributed by atoms with Crippen LogP contribution in [0.5, 0.6) is 0 Å². The lowest BCUT2D eigenvalue weighted by atomic mass is 9.75. The van der Waals surface area contributed by atoms with E-state index in [1.54, 1.807) is 11.7 Å². The average molecular weight is 295 g/mol. The second-order valence-corrected chi connectivity index (χ2v) is 6.10. The van der Waals surface area contributed by atoms with Crippen molar-refractivity contribution >= 4 is 11.5 Å². The molecule has 2 rings (SSSR count). The number of aryl methyl sites for hydroxylation is 2. The Morgan fingerprint density at radius 3 is 2.57 bits per heavy atom. The Morgan fingerprint density at radius 1 is 1.48 bits per heavy atom. The van der Waals surface area contributed by atoms with E-state index in [2.05, 4.69) is 29.4 Å². The monoisotopic (exact) mass is 295 g/mol. The van der Waals surface area contributed by atoms with E-state index in [-0.39, 0.29) is 16.1 Å². The van der Waals surface area contributed by atoms with Crippen LogP contribution in [-0.2, 0) is 13.5 Å². The summed E-state index contributed by atoms with van der Waals surface area (Å²) in [4.78, 5) is 13.3. The van der Waals surface area contributed by atoms with Gasteiger partial charge in [0.25, 0.3) is 0 Å². The molecule has 118 valence electrons. The molecule has 0 spiro atoms. The minimum atomic E-state index is -0.316. The SMILES string of the molecule is CCCc1nn(C)c(NCC2(N(C)C)CCC2)c1[N+](=O)[O-]. The van der Waals surface area contributed by atoms with Gasteiger partial charge in [0, 0.05) is 19.1 Å². The van der Waals surface area contributed by atoms with Crippen molar-refractivity contribution in [2.75, 3.05) is 26.0 Å². The molecule has 21 heavy (non-hydrogen) atoms. The van der Waals surface area contributed by atoms with Gasteiger partial charge in [0.1, 0.15) is 5.69 Å². The molecule has 1 fully saturated rings. The van der Waals surface area contributed by atoms with Crippen LogP contribution >= 0.6 is 0 Å². The molecule has 1 heterocycles. The standard InChI is InChI=1S/C14H25N5O2/c1-5-7-11-12(19(20)21)13(18(4)16-11)15-10-14(17(2)3)8-6-9-14/h15H,5-10H2,1-4H3. The number of nitrogens with one attached hydrogen (secondary N) is 1. The van der Waals surface area contributed by atoms with Crippen molar-refractivity contribution in [3.05, 3.63) is 15.8 Å². The Kier molecular flexibility index (Phi) is 4.51. The third-order valence-corrected chi connectivity index (χ3v) is 4.58. The highest BCUT2D eigenvalue weighted by molar-refractivity contribution is 5.60. The third kappa shape index (κ3) is 2.88. The number of hydrogen-bond acceptors (Lipinski definition) is 5. The van der Waals surface area contributed by atoms with Gasteiger partial charge < -0.3 is 10.2 Å². The van der Waals surface area contributed by atoms with Gasteiger partial charge in [-0.2, -0.15) is 5.10 Å². The van der Waals surface area contributed by atoms with Crippen molar-refractivity contribution in [3.63, 3.8) is 0 Å². The molecule has 1 aliphatic carbocycles. The van der Waals surface area contributed by atoms with Crippen molar-refractivity contribution in [1.29, 1.82) is 0 Å². The second kappa shape index (κ2) is 6.01. The quantitative estimate of drug-likeness (QED) is 0.616. The fourth-order valence-electron chi connectivity index (χ4n) is 2.98. The van der Waals surface area contributed by atoms with Crippen LogP contribution in [0.25, 0.3) is 0 Å². The van der Waals surface area contributed by atoms with Gasteiger partial charge in [-0.25, -0.2) is 4.68 Å². The predicted octanol–water partition coefficient (Wildman–Crippen LogP) is 2.18. The van der Waals surface area contributed by atoms with E-state index in [4.69, 9.17) is 0 Å². The third-order valence-electron chi connectivity index (χ3n) is 4.58. The van der Waals surface area contributed by atoms with Gasteiger partial charge in [-0.05, 0) is 39.8 Å². The van der Waals surface area contributed by atoms with Crippen LogP contribution in [0.2, 0.25) is 0 Å². The molecule has 0 saturated heterocycles. The summed E-state index contributed by atoms with van der Waals surface area (Å²) in [5.74, 6) is 0.525. The molecule has 1 aromatic rings. The Labute approximate surface area is 125 Å². The van der Waals surface area contributed by atoms with Crippen molar-refractivity contribution in [1.82, 2.24) is 14.7 Å². The van der Waals surface area contributed by atoms with Gasteiger partial charge in [0.05, 0.1) is 4.92 Å². The first kappa shape index (κ1) is 15.8. The fraction of sp³-hybridized carbons (Fsp3) is 0.786. The molecular weight excluding hydrogens is 270 g/mol. The summed E-state index contributed by atoms with van der Waals surface area (Å²) in [6.45, 7) is 2.72. The van der Waals surface area contributed by atoms with Crippen LogP contribution in [-0.4, -0.2) is 45.8 Å². The van der Waals surface area contributed by atoms with Crippen molar-refractivity contribution in [2.24, 2.45) is 7.05 Å². The van der Waals surface area contributed by atoms with Gasteiger partial charge in [-0.1, -0.05) is 13.3 Å². The molecule has 1 saturated carbocycles. The zero-order chi connectivity index (χ0) is 15.6. The topological polar surface area (TPSA) is 76.2 Å². The maximum Gasteiger partial charge on any atom is 0.333 e. The van der Waals surface area contributed by atoms with E-state index in [9.17, 15) is 10.1 Å². The molecule has 0 unspecified atom stereocenters. The van der Waals surface area contributed by atoms with Crippen LogP contribution in [0.3, 0.4) is 0 Å². The van der Waals surface area contributed by atoms with Gasteiger partial charge in [-0.15, -0.1) is 0 Å². The van der Waals surface area contributed by atoms with E-state index in [0.717, 1.165) is 19.3 Å². The lowest BCUT2D eigenvalue weighted by molar-refractivity contribution is -0.384. The normalized spacial score (nSPS) is 16.8. The molecular formula is C14H25N5O2. The van der Waals surface area contributed by atoms with Crippen LogP contribution in [0, 0.1) is 10.1 Å². The number of rotatable bonds is 7. The van der Waals surface area contributed by atoms with E-state index >= 15 is 0 Å². The van der Waals surface area contributed by atoms with E-state index in [1.807, 2.05) is 6.92 Å². The summed E-state index contributed by atoms with van der Waals surface area (Å²) in [6, 6.07) is 0. The highest BCUT2D eigenvalue weighted by Gasteiger charge is 2.39. The molecule has 0 bridgehead atoms. The highest BCUT2D eigenvalue weighted by atomic mass is 16.6. The van der Waals surface area contributed by atoms with Crippen LogP contribution < -0.4 is 5.32 Å². The first-order chi connectivity index (χ1) is 9.91. The summed E-state index contributed by atoms with van der Waals surface area (Å²) in [6.07, 6.45) is 4.94. The van der Waals surface area contributed by atoms with Gasteiger partial charge >= 0.3 is 5.69 Å². The number of nitro groups is 1. The fourth-order valence-corrected chi connectivity index (χ4v) is 2.98. The number of anilines is 1. The Balaban J connectivity index is 2.21. The number of aromatic nitrogens is 2. The minimum Gasteiger partial charge on any atom is -0.363 e. The van der Waals surface area contributed by atoms with Crippen LogP contribution in [0.15, 0.2) is 0 Å². The van der Waals surface area contributed by atoms with E-state index < -0.39 is 0 Å². The predicted molar refractivity (Wildman–Crippen MR) is 82.6 cm³/mol. The molecule has 0 aliphatic heterocycles. The van der Waals surface area contributed by atoms with Gasteiger partial charge in [-0.3, -0.25) is 10.1 Å². The molecule has 7 heteroatoms. The summed E-state index contributed by atoms with van der Waals surface area (Å²) >= 11 is 0. The molecule has 1 N–H and O–H groups in total. The molecule has 1 aliphatic rings. The van der Waals surface area contributed by atoms with E-state index in [0.29, 0.717) is 24.5 Å². The highest BCUT2D eigenvalue weighted by Crippen LogP contribution is 2.37. The summed E-state index contributed by atoms with van der Waals surface area (Å²) < 4.78 is 1.60. The smallest absolute Gasteiger partial charge is 0.333 e. The van der Waals surface area contributed by atoms with Crippen LogP contribution in [0.1, 0.15) is 38.3 Å². The first-order valence-electron chi connectivity index (χ1n) is 7.53. The number of likely N-dealkylation sites (N-methyl/N-ethyl adjacent to an activating group) is 1. The summed E-state index contributed by atoms with van der Waals surface area (Å²) in [7, 11) is 5.90. The zero-order valence-electron chi connectivity index (χ0n) is 13.3. The maximum atomic E-state index is 11.4. The average Bonchev–Trinajstić information content (AvgIpc) is 2.64.